The molecule has 0 saturated carbocycles. The van der Waals surface area contributed by atoms with Crippen LogP contribution in [-0.4, -0.2) is 65.9 Å². The molecule has 10 nitrogen and oxygen atoms in total. The molecule has 1 aromatic rings. The number of amides is 2. The number of rotatable bonds is 8. The van der Waals surface area contributed by atoms with Crippen LogP contribution in [0.5, 0.6) is 0 Å². The summed E-state index contributed by atoms with van der Waals surface area (Å²) in [4.78, 5) is 48.5. The Bertz CT molecular complexity index is 1000. The molecule has 1 unspecified atom stereocenters. The average molecular weight is 821 g/mol. The normalized spacial score (nSPS) is 19.2. The highest BCUT2D eigenvalue weighted by Crippen LogP contribution is 2.37. The second-order valence-electron chi connectivity index (χ2n) is 7.48. The maximum Gasteiger partial charge on any atom is 0.303 e. The zero-order valence-corrected chi connectivity index (χ0v) is 24.9. The van der Waals surface area contributed by atoms with Gasteiger partial charge in [0.05, 0.1) is 43.7 Å². The summed E-state index contributed by atoms with van der Waals surface area (Å²) in [6, 6.07) is 0. The van der Waals surface area contributed by atoms with Crippen LogP contribution in [0.3, 0.4) is 0 Å². The Morgan fingerprint density at radius 1 is 1.12 bits per heavy atom. The van der Waals surface area contributed by atoms with Crippen molar-refractivity contribution in [1.29, 1.82) is 0 Å². The minimum atomic E-state index is -1.13. The lowest BCUT2D eigenvalue weighted by molar-refractivity contribution is -0.167. The molecule has 0 aromatic heterocycles. The first kappa shape index (κ1) is 28.9. The van der Waals surface area contributed by atoms with E-state index < -0.39 is 41.0 Å². The van der Waals surface area contributed by atoms with Crippen molar-refractivity contribution in [2.24, 2.45) is 0 Å². The largest absolute Gasteiger partial charge is 0.456 e. The van der Waals surface area contributed by atoms with Gasteiger partial charge in [0.1, 0.15) is 5.60 Å². The molecule has 1 saturated heterocycles. The summed E-state index contributed by atoms with van der Waals surface area (Å²) in [7, 11) is 0. The zero-order valence-electron chi connectivity index (χ0n) is 17.6. The van der Waals surface area contributed by atoms with Gasteiger partial charge in [-0.2, -0.15) is 0 Å². The molecule has 1 aromatic carbocycles. The molecular formula is C19H20ClI3N2O8. The van der Waals surface area contributed by atoms with E-state index in [2.05, 4.69) is 10.6 Å². The fraction of sp³-hybridized carbons (Fsp3) is 0.474. The lowest BCUT2D eigenvalue weighted by Crippen LogP contribution is -2.49. The van der Waals surface area contributed by atoms with Gasteiger partial charge in [-0.25, -0.2) is 0 Å². The number of esters is 1. The summed E-state index contributed by atoms with van der Waals surface area (Å²) in [6.45, 7) is 3.63. The standard InChI is InChI=1S/C19H20ClI3N2O8/c1-8(27)31-4-9(28)25-15-13(22)10(16(20)29)12(21)11(14(15)23)17(30)24-5-19(6-26)7-32-18(2,3)33-19/h26H,4-7H2,1-3H3,(H,24,30)(H,25,28). The summed E-state index contributed by atoms with van der Waals surface area (Å²) in [5, 5.41) is 14.3. The molecule has 1 fully saturated rings. The maximum absolute atomic E-state index is 13.2. The highest BCUT2D eigenvalue weighted by atomic mass is 127. The Morgan fingerprint density at radius 2 is 1.73 bits per heavy atom. The first-order valence-corrected chi connectivity index (χ1v) is 12.9. The van der Waals surface area contributed by atoms with E-state index in [0.29, 0.717) is 10.7 Å². The van der Waals surface area contributed by atoms with E-state index in [1.54, 1.807) is 13.8 Å². The Morgan fingerprint density at radius 3 is 2.21 bits per heavy atom. The molecule has 33 heavy (non-hydrogen) atoms. The summed E-state index contributed by atoms with van der Waals surface area (Å²) in [5.41, 5.74) is -0.799. The van der Waals surface area contributed by atoms with Gasteiger partial charge in [0, 0.05) is 10.5 Å². The van der Waals surface area contributed by atoms with Crippen molar-refractivity contribution in [3.05, 3.63) is 21.8 Å². The number of aliphatic hydroxyl groups is 1. The van der Waals surface area contributed by atoms with Gasteiger partial charge in [0.25, 0.3) is 17.1 Å². The van der Waals surface area contributed by atoms with Crippen LogP contribution < -0.4 is 10.6 Å². The van der Waals surface area contributed by atoms with Crippen molar-refractivity contribution in [3.8, 4) is 0 Å². The zero-order chi connectivity index (χ0) is 25.1. The number of benzene rings is 1. The van der Waals surface area contributed by atoms with Crippen molar-refractivity contribution in [1.82, 2.24) is 5.32 Å². The predicted octanol–water partition coefficient (Wildman–Crippen LogP) is 2.62. The van der Waals surface area contributed by atoms with E-state index in [0.717, 1.165) is 6.92 Å². The third kappa shape index (κ3) is 7.09. The van der Waals surface area contributed by atoms with Crippen molar-refractivity contribution < 1.29 is 38.5 Å². The van der Waals surface area contributed by atoms with E-state index in [4.69, 9.17) is 25.8 Å². The smallest absolute Gasteiger partial charge is 0.303 e. The molecule has 3 N–H and O–H groups in total. The molecule has 1 aliphatic heterocycles. The molecule has 2 rings (SSSR count). The molecule has 182 valence electrons. The molecule has 0 aliphatic carbocycles. The van der Waals surface area contributed by atoms with Crippen LogP contribution >= 0.6 is 79.4 Å². The van der Waals surface area contributed by atoms with E-state index in [1.807, 2.05) is 67.8 Å². The SMILES string of the molecule is CC(=O)OCC(=O)Nc1c(I)c(C(=O)Cl)c(I)c(C(=O)NCC2(CO)COC(C)(C)O2)c1I. The van der Waals surface area contributed by atoms with Crippen LogP contribution in [0.15, 0.2) is 0 Å². The van der Waals surface area contributed by atoms with Crippen molar-refractivity contribution >= 4 is 108 Å². The minimum absolute atomic E-state index is 0.0460. The van der Waals surface area contributed by atoms with Gasteiger partial charge in [-0.1, -0.05) is 0 Å². The average Bonchev–Trinajstić information content (AvgIpc) is 3.03. The number of nitrogens with one attached hydrogen (secondary N) is 2. The predicted molar refractivity (Wildman–Crippen MR) is 143 cm³/mol. The summed E-state index contributed by atoms with van der Waals surface area (Å²) in [5.74, 6) is -2.78. The van der Waals surface area contributed by atoms with Crippen LogP contribution in [0.25, 0.3) is 0 Å². The summed E-state index contributed by atoms with van der Waals surface area (Å²) < 4.78 is 16.9. The number of halogens is 4. The summed E-state index contributed by atoms with van der Waals surface area (Å²) >= 11 is 11.3. The van der Waals surface area contributed by atoms with E-state index >= 15 is 0 Å². The third-order valence-corrected chi connectivity index (χ3v) is 7.84. The number of anilines is 1. The first-order valence-electron chi connectivity index (χ1n) is 9.30. The van der Waals surface area contributed by atoms with Crippen LogP contribution in [0, 0.1) is 10.7 Å². The van der Waals surface area contributed by atoms with Gasteiger partial charge in [0.2, 0.25) is 0 Å². The number of carbonyl (C=O) groups is 4. The van der Waals surface area contributed by atoms with E-state index in [1.165, 1.54) is 0 Å². The fourth-order valence-corrected chi connectivity index (χ4v) is 7.85. The highest BCUT2D eigenvalue weighted by Gasteiger charge is 2.45. The highest BCUT2D eigenvalue weighted by molar-refractivity contribution is 14.1. The van der Waals surface area contributed by atoms with Crippen molar-refractivity contribution in [2.75, 3.05) is 31.7 Å². The first-order chi connectivity index (χ1) is 15.2. The van der Waals surface area contributed by atoms with Crippen molar-refractivity contribution in [3.63, 3.8) is 0 Å². The van der Waals surface area contributed by atoms with Crippen molar-refractivity contribution in [2.45, 2.75) is 32.2 Å². The number of aliphatic hydroxyl groups excluding tert-OH is 1. The van der Waals surface area contributed by atoms with Gasteiger partial charge in [-0.3, -0.25) is 19.2 Å². The Hall–Kier alpha value is -0.340. The molecule has 1 aliphatic rings. The van der Waals surface area contributed by atoms with Gasteiger partial charge >= 0.3 is 5.97 Å². The number of carbonyl (C=O) groups excluding carboxylic acids is 4. The summed E-state index contributed by atoms with van der Waals surface area (Å²) in [6.07, 6.45) is 0. The van der Waals surface area contributed by atoms with E-state index in [-0.39, 0.29) is 36.6 Å². The Labute approximate surface area is 235 Å². The quantitative estimate of drug-likeness (QED) is 0.207. The maximum atomic E-state index is 13.2. The van der Waals surface area contributed by atoms with Crippen LogP contribution in [-0.2, 0) is 23.8 Å². The fourth-order valence-electron chi connectivity index (χ4n) is 2.92. The second-order valence-corrected chi connectivity index (χ2v) is 11.1. The lowest BCUT2D eigenvalue weighted by Gasteiger charge is -2.27. The third-order valence-electron chi connectivity index (χ3n) is 4.42. The van der Waals surface area contributed by atoms with Crippen LogP contribution in [0.4, 0.5) is 5.69 Å². The van der Waals surface area contributed by atoms with Gasteiger partial charge in [0.15, 0.2) is 12.4 Å². The molecule has 2 amide bonds. The van der Waals surface area contributed by atoms with Crippen LogP contribution in [0.1, 0.15) is 41.5 Å². The van der Waals surface area contributed by atoms with Gasteiger partial charge in [-0.05, 0) is 93.2 Å². The van der Waals surface area contributed by atoms with E-state index in [9.17, 15) is 24.3 Å². The number of hydrogen-bond donors (Lipinski definition) is 3. The number of hydrogen-bond acceptors (Lipinski definition) is 8. The topological polar surface area (TPSA) is 140 Å². The molecule has 0 radical (unpaired) electrons. The molecule has 1 atom stereocenters. The molecule has 0 spiro atoms. The van der Waals surface area contributed by atoms with Crippen LogP contribution in [0.2, 0.25) is 0 Å². The monoisotopic (exact) mass is 820 g/mol. The molecule has 1 heterocycles. The minimum Gasteiger partial charge on any atom is -0.456 e. The Balaban J connectivity index is 2.39. The molecule has 14 heteroatoms. The van der Waals surface area contributed by atoms with Gasteiger partial charge in [-0.15, -0.1) is 0 Å². The molecule has 0 bridgehead atoms. The lowest BCUT2D eigenvalue weighted by atomic mass is 10.1. The van der Waals surface area contributed by atoms with Gasteiger partial charge < -0.3 is 30.0 Å². The number of ether oxygens (including phenoxy) is 3. The second kappa shape index (κ2) is 11.6. The Kier molecular flexibility index (Phi) is 10.2. The molecular weight excluding hydrogens is 800 g/mol.